The summed E-state index contributed by atoms with van der Waals surface area (Å²) in [6.45, 7) is 0.590. The van der Waals surface area contributed by atoms with E-state index in [1.54, 1.807) is 6.21 Å². The lowest BCUT2D eigenvalue weighted by molar-refractivity contribution is -0.111. The molecule has 0 saturated carbocycles. The van der Waals surface area contributed by atoms with Crippen LogP contribution >= 0.6 is 0 Å². The fourth-order valence-electron chi connectivity index (χ4n) is 4.46. The molecule has 1 atom stereocenters. The van der Waals surface area contributed by atoms with Gasteiger partial charge in [-0.15, -0.1) is 0 Å². The normalized spacial score (nSPS) is 12.5. The van der Waals surface area contributed by atoms with Gasteiger partial charge in [-0.2, -0.15) is 0 Å². The maximum absolute atomic E-state index is 12.3. The molecule has 2 N–H and O–H groups in total. The summed E-state index contributed by atoms with van der Waals surface area (Å²) in [6, 6.07) is 27.1. The third kappa shape index (κ3) is 6.63. The number of rotatable bonds is 10. The Balaban J connectivity index is 1.55. The fourth-order valence-corrected chi connectivity index (χ4v) is 4.46. The van der Waals surface area contributed by atoms with E-state index in [0.29, 0.717) is 34.9 Å². The van der Waals surface area contributed by atoms with Gasteiger partial charge in [0.15, 0.2) is 5.82 Å². The lowest BCUT2D eigenvalue weighted by Gasteiger charge is -2.09. The third-order valence-electron chi connectivity index (χ3n) is 6.49. The number of carbonyl (C=O) groups is 1. The molecule has 0 spiro atoms. The summed E-state index contributed by atoms with van der Waals surface area (Å²) < 4.78 is 6.30. The van der Waals surface area contributed by atoms with Gasteiger partial charge in [0.05, 0.1) is 12.0 Å². The smallest absolute Gasteiger partial charge is 0.248 e. The highest BCUT2D eigenvalue weighted by atomic mass is 16.3. The molecule has 0 fully saturated rings. The summed E-state index contributed by atoms with van der Waals surface area (Å²) in [6.07, 6.45) is 6.48. The van der Waals surface area contributed by atoms with Gasteiger partial charge in [0, 0.05) is 41.6 Å². The molecule has 41 heavy (non-hydrogen) atoms. The number of nitrogens with one attached hydrogen (secondary N) is 1. The number of aromatic nitrogens is 2. The van der Waals surface area contributed by atoms with Crippen LogP contribution < -0.4 is 5.32 Å². The predicted molar refractivity (Wildman–Crippen MR) is 163 cm³/mol. The second kappa shape index (κ2) is 13.0. The summed E-state index contributed by atoms with van der Waals surface area (Å²) in [4.78, 5) is 27.9. The summed E-state index contributed by atoms with van der Waals surface area (Å²) in [5.74, 6) is 0.594. The van der Waals surface area contributed by atoms with Crippen molar-refractivity contribution >= 4 is 34.7 Å². The van der Waals surface area contributed by atoms with Crippen LogP contribution in [0.4, 0.5) is 11.5 Å². The summed E-state index contributed by atoms with van der Waals surface area (Å²) in [7, 11) is 3.89. The highest BCUT2D eigenvalue weighted by molar-refractivity contribution is 6.06. The minimum Gasteiger partial charge on any atom is -0.437 e. The van der Waals surface area contributed by atoms with E-state index in [-0.39, 0.29) is 18.4 Å². The Morgan fingerprint density at radius 3 is 2.37 bits per heavy atom. The van der Waals surface area contributed by atoms with Gasteiger partial charge in [-0.1, -0.05) is 78.9 Å². The molecule has 5 rings (SSSR count). The van der Waals surface area contributed by atoms with Crippen LogP contribution in [0.1, 0.15) is 11.5 Å². The number of furan rings is 1. The number of hydrogen-bond acceptors (Lipinski definition) is 7. The van der Waals surface area contributed by atoms with Crippen LogP contribution in [-0.2, 0) is 4.79 Å². The molecule has 0 radical (unpaired) electrons. The van der Waals surface area contributed by atoms with Crippen molar-refractivity contribution in [1.82, 2.24) is 14.9 Å². The Labute approximate surface area is 238 Å². The molecular weight excluding hydrogens is 514 g/mol. The third-order valence-corrected chi connectivity index (χ3v) is 6.49. The average Bonchev–Trinajstić information content (AvgIpc) is 3.39. The number of benzene rings is 3. The van der Waals surface area contributed by atoms with E-state index in [9.17, 15) is 9.90 Å². The molecule has 5 aromatic rings. The summed E-state index contributed by atoms with van der Waals surface area (Å²) >= 11 is 0. The zero-order valence-corrected chi connectivity index (χ0v) is 22.9. The van der Waals surface area contributed by atoms with E-state index in [1.165, 1.54) is 12.4 Å². The van der Waals surface area contributed by atoms with E-state index < -0.39 is 0 Å². The van der Waals surface area contributed by atoms with Crippen molar-refractivity contribution in [2.75, 3.05) is 32.6 Å². The summed E-state index contributed by atoms with van der Waals surface area (Å²) in [5, 5.41) is 13.6. The minimum absolute atomic E-state index is 0.0905. The van der Waals surface area contributed by atoms with Crippen molar-refractivity contribution in [2.45, 2.75) is 5.92 Å². The lowest BCUT2D eigenvalue weighted by Crippen LogP contribution is -2.12. The number of aliphatic hydroxyl groups is 1. The van der Waals surface area contributed by atoms with Gasteiger partial charge in [0.1, 0.15) is 12.1 Å². The van der Waals surface area contributed by atoms with Crippen molar-refractivity contribution in [3.8, 4) is 22.5 Å². The van der Waals surface area contributed by atoms with Crippen molar-refractivity contribution in [2.24, 2.45) is 4.99 Å². The highest BCUT2D eigenvalue weighted by Crippen LogP contribution is 2.43. The Bertz CT molecular complexity index is 1660. The second-order valence-electron chi connectivity index (χ2n) is 9.76. The van der Waals surface area contributed by atoms with E-state index in [4.69, 9.17) is 9.41 Å². The molecule has 1 unspecified atom stereocenters. The predicted octanol–water partition coefficient (Wildman–Crippen LogP) is 6.09. The van der Waals surface area contributed by atoms with Gasteiger partial charge in [-0.3, -0.25) is 4.79 Å². The quantitative estimate of drug-likeness (QED) is 0.163. The molecule has 0 aliphatic rings. The van der Waals surface area contributed by atoms with Crippen molar-refractivity contribution in [3.05, 3.63) is 109 Å². The number of amides is 1. The molecule has 0 aliphatic heterocycles. The molecule has 3 aromatic carbocycles. The van der Waals surface area contributed by atoms with Crippen LogP contribution in [0.5, 0.6) is 0 Å². The zero-order valence-electron chi connectivity index (χ0n) is 22.9. The molecular formula is C33H31N5O3. The lowest BCUT2D eigenvalue weighted by atomic mass is 9.99. The number of fused-ring (bicyclic) bond motifs is 1. The Morgan fingerprint density at radius 1 is 0.976 bits per heavy atom. The number of aliphatic hydroxyl groups excluding tert-OH is 1. The fraction of sp³-hybridized carbons (Fsp3) is 0.152. The molecule has 2 heterocycles. The van der Waals surface area contributed by atoms with Crippen molar-refractivity contribution < 1.29 is 14.3 Å². The van der Waals surface area contributed by atoms with Crippen LogP contribution in [0, 0.1) is 0 Å². The van der Waals surface area contributed by atoms with Crippen molar-refractivity contribution in [1.29, 1.82) is 0 Å². The second-order valence-corrected chi connectivity index (χ2v) is 9.76. The maximum Gasteiger partial charge on any atom is 0.248 e. The minimum atomic E-state index is -0.292. The maximum atomic E-state index is 12.3. The van der Waals surface area contributed by atoms with E-state index in [2.05, 4.69) is 15.3 Å². The van der Waals surface area contributed by atoms with E-state index >= 15 is 0 Å². The first-order valence-electron chi connectivity index (χ1n) is 13.3. The van der Waals surface area contributed by atoms with Crippen molar-refractivity contribution in [3.63, 3.8) is 0 Å². The van der Waals surface area contributed by atoms with Crippen LogP contribution in [0.15, 0.2) is 113 Å². The van der Waals surface area contributed by atoms with Gasteiger partial charge in [-0.05, 0) is 37.4 Å². The largest absolute Gasteiger partial charge is 0.437 e. The molecule has 206 valence electrons. The first kappa shape index (κ1) is 27.6. The Morgan fingerprint density at radius 2 is 1.68 bits per heavy atom. The Kier molecular flexibility index (Phi) is 8.73. The van der Waals surface area contributed by atoms with Gasteiger partial charge < -0.3 is 19.7 Å². The van der Waals surface area contributed by atoms with Crippen LogP contribution in [0.3, 0.4) is 0 Å². The average molecular weight is 546 g/mol. The number of nitrogens with zero attached hydrogens (tertiary/aromatic N) is 4. The Hall–Kier alpha value is -4.92. The molecule has 0 aliphatic carbocycles. The van der Waals surface area contributed by atoms with E-state index in [0.717, 1.165) is 22.3 Å². The molecule has 8 nitrogen and oxygen atoms in total. The first-order chi connectivity index (χ1) is 20.0. The van der Waals surface area contributed by atoms with Crippen LogP contribution in [0.2, 0.25) is 0 Å². The van der Waals surface area contributed by atoms with Gasteiger partial charge in [0.2, 0.25) is 11.6 Å². The number of likely N-dealkylation sites (N-methyl/N-ethyl adjacent to an activating group) is 1. The van der Waals surface area contributed by atoms with Gasteiger partial charge in [0.25, 0.3) is 0 Å². The standard InChI is InChI=1S/C33H31N5O3/c1-38(2)19-9-14-28(40)37-27-17-15-24(16-18-27)29-30-32(34-20-26(21-39)23-10-5-3-6-11-23)35-22-36-33(30)41-31(29)25-12-7-4-8-13-25/h3-18,20,22,26,39H,19,21H2,1-2H3,(H,37,40)/b14-9+,34-20-. The highest BCUT2D eigenvalue weighted by Gasteiger charge is 2.22. The van der Waals surface area contributed by atoms with Crippen LogP contribution in [-0.4, -0.2) is 59.3 Å². The molecule has 0 bridgehead atoms. The van der Waals surface area contributed by atoms with Gasteiger partial charge >= 0.3 is 0 Å². The number of anilines is 1. The topological polar surface area (TPSA) is 104 Å². The number of hydrogen-bond donors (Lipinski definition) is 2. The SMILES string of the molecule is CN(C)C/C=C/C(=O)Nc1ccc(-c2c(-c3ccccc3)oc3ncnc(/N=C\C(CO)c4ccccc4)c23)cc1. The first-order valence-corrected chi connectivity index (χ1v) is 13.3. The molecule has 8 heteroatoms. The monoisotopic (exact) mass is 545 g/mol. The van der Waals surface area contributed by atoms with E-state index in [1.807, 2.05) is 110 Å². The number of aliphatic imine (C=N–C) groups is 1. The zero-order chi connectivity index (χ0) is 28.6. The molecule has 2 aromatic heterocycles. The molecule has 1 amide bonds. The summed E-state index contributed by atoms with van der Waals surface area (Å²) in [5.41, 5.74) is 4.57. The molecule has 0 saturated heterocycles. The number of carbonyl (C=O) groups excluding carboxylic acids is 1. The van der Waals surface area contributed by atoms with Crippen LogP contribution in [0.25, 0.3) is 33.6 Å². The van der Waals surface area contributed by atoms with Gasteiger partial charge in [-0.25, -0.2) is 15.0 Å².